The van der Waals surface area contributed by atoms with Gasteiger partial charge in [0.15, 0.2) is 0 Å². The van der Waals surface area contributed by atoms with Gasteiger partial charge >= 0.3 is 18.2 Å². The van der Waals surface area contributed by atoms with Crippen LogP contribution in [0.5, 0.6) is 0 Å². The lowest BCUT2D eigenvalue weighted by Crippen LogP contribution is -2.27. The molecule has 0 spiro atoms. The molecule has 9 rings (SSSR count). The third-order valence-electron chi connectivity index (χ3n) is 16.1. The van der Waals surface area contributed by atoms with Crippen LogP contribution in [0.15, 0.2) is 159 Å². The number of benzene rings is 9. The number of rotatable bonds is 9. The molecule has 7 nitrogen and oxygen atoms in total. The average molecular weight is 2500 g/mol. The zero-order valence-corrected chi connectivity index (χ0v) is 86.3. The van der Waals surface area contributed by atoms with Crippen molar-refractivity contribution in [1.29, 1.82) is 0 Å². The summed E-state index contributed by atoms with van der Waals surface area (Å²) in [6.45, 7) is 38.3. The molecule has 24 heteroatoms. The van der Waals surface area contributed by atoms with Crippen LogP contribution in [-0.4, -0.2) is 27.9 Å². The van der Waals surface area contributed by atoms with Gasteiger partial charge in [-0.25, -0.2) is 9.59 Å². The summed E-state index contributed by atoms with van der Waals surface area (Å²) in [6, 6.07) is 35.0. The zero-order chi connectivity index (χ0) is 81.3. The Morgan fingerprint density at radius 1 is 0.425 bits per heavy atom. The van der Waals surface area contributed by atoms with Crippen molar-refractivity contribution in [2.24, 2.45) is 0 Å². The highest BCUT2D eigenvalue weighted by atomic mass is 127. The van der Waals surface area contributed by atoms with Gasteiger partial charge in [0, 0.05) is 75.7 Å². The Bertz CT molecular complexity index is 4140. The molecule has 0 heterocycles. The number of nitrogens with one attached hydrogen (secondary N) is 1. The molecule has 576 valence electrons. The van der Waals surface area contributed by atoms with E-state index >= 15 is 0 Å². The summed E-state index contributed by atoms with van der Waals surface area (Å²) in [4.78, 5) is 23.7. The predicted molar refractivity (Wildman–Crippen MR) is 509 cm³/mol. The number of aromatic carboxylic acids is 1. The Balaban J connectivity index is 0.000000421. The molecule has 9 aromatic carbocycles. The van der Waals surface area contributed by atoms with Gasteiger partial charge < -0.3 is 20.7 Å². The van der Waals surface area contributed by atoms with Crippen molar-refractivity contribution in [2.75, 3.05) is 11.1 Å². The van der Waals surface area contributed by atoms with E-state index in [0.717, 1.165) is 91.3 Å². The molecule has 0 unspecified atom stereocenters. The van der Waals surface area contributed by atoms with Crippen LogP contribution in [0.3, 0.4) is 0 Å². The van der Waals surface area contributed by atoms with Gasteiger partial charge in [0.1, 0.15) is 5.60 Å². The number of nitrogens with two attached hydrogens (primary N) is 1. The highest BCUT2D eigenvalue weighted by molar-refractivity contribution is 14.1. The van der Waals surface area contributed by atoms with Crippen molar-refractivity contribution in [3.05, 3.63) is 269 Å². The molecule has 0 aliphatic rings. The van der Waals surface area contributed by atoms with E-state index in [2.05, 4.69) is 344 Å². The largest absolute Gasteiger partial charge is 0.478 e. The monoisotopic (exact) mass is 2490 g/mol. The number of alkyl halides is 3. The summed E-state index contributed by atoms with van der Waals surface area (Å²) in [5, 5.41) is 20.4. The lowest BCUT2D eigenvalue weighted by Gasteiger charge is -2.20. The molecule has 0 aliphatic heterocycles. The molecular weight excluding hydrogens is 2410 g/mol. The minimum Gasteiger partial charge on any atom is -0.478 e. The standard InChI is InChI=1S/C18H17Br2F3S.C13H18BrNO2.2C9H10BrI.C9H9BrO2.C8H8BrIO.C8H8BrI.C8H10BrN/c1-4-13-10(3)6-11(8-16(13)19)24-12-7-15(18(21,22)23)14(5-2)17(20)9-12;1-8-6-10(7-11(14)9(8)2)15-12(16)17-13(3,4)5;2*1-3-8-6(2)4-7(11)5-9(8)10;1-5-3-7(9(11)12)4-8(10)6(5)2;1-5-2-6(10)3-8(9)7(5)4-11;2*1-5-3-7(10)4-8(9)6(5)2/h6-9H,4-5H2,1-3H3;6-7H,1-5H3,(H,15,16);2*4-5H,3H2,1-2H3;3-4H,1-2H3,(H,11,12);2-3,11H,4H2,1H3;3-4H,1-2H3;3-4H,10H2,1-2H3. The van der Waals surface area contributed by atoms with E-state index in [9.17, 15) is 22.8 Å². The van der Waals surface area contributed by atoms with E-state index in [1.54, 1.807) is 25.1 Å². The Hall–Kier alpha value is -1.14. The van der Waals surface area contributed by atoms with Crippen molar-refractivity contribution in [1.82, 2.24) is 0 Å². The summed E-state index contributed by atoms with van der Waals surface area (Å²) in [6.07, 6.45) is -1.35. The number of ether oxygens (including phenoxy) is 1. The molecule has 0 saturated heterocycles. The molecule has 0 radical (unpaired) electrons. The number of aliphatic hydroxyl groups excluding tert-OH is 1. The Kier molecular flexibility index (Phi) is 46.0. The number of hydrogen-bond donors (Lipinski definition) is 4. The van der Waals surface area contributed by atoms with Crippen LogP contribution in [0.4, 0.5) is 29.3 Å². The summed E-state index contributed by atoms with van der Waals surface area (Å²) in [5.74, 6) is -0.890. The van der Waals surface area contributed by atoms with E-state index in [-0.39, 0.29) is 6.61 Å². The molecule has 1 amide bonds. The van der Waals surface area contributed by atoms with E-state index < -0.39 is 29.4 Å². The van der Waals surface area contributed by atoms with Crippen molar-refractivity contribution in [3.8, 4) is 0 Å². The fourth-order valence-corrected chi connectivity index (χ4v) is 22.2. The fraction of sp³-hybridized carbons (Fsp3) is 0.317. The van der Waals surface area contributed by atoms with Crippen LogP contribution in [0.2, 0.25) is 0 Å². The second kappa shape index (κ2) is 48.3. The molecule has 0 bridgehead atoms. The first-order chi connectivity index (χ1) is 49.0. The van der Waals surface area contributed by atoms with Crippen molar-refractivity contribution < 1.29 is 37.7 Å². The van der Waals surface area contributed by atoms with Crippen LogP contribution < -0.4 is 11.1 Å². The molecule has 0 atom stereocenters. The van der Waals surface area contributed by atoms with Crippen LogP contribution in [0, 0.1) is 97.4 Å². The molecule has 0 fully saturated rings. The summed E-state index contributed by atoms with van der Waals surface area (Å²) < 4.78 is 59.3. The predicted octanol–water partition coefficient (Wildman–Crippen LogP) is 32.0. The number of nitrogen functional groups attached to an aromatic ring is 1. The lowest BCUT2D eigenvalue weighted by atomic mass is 10.1. The minimum absolute atomic E-state index is 0.101. The first-order valence-corrected chi connectivity index (χ1v) is 45.3. The third-order valence-corrected chi connectivity index (χ3v) is 26.4. The number of carboxylic acids is 1. The molecule has 5 N–H and O–H groups in total. The maximum atomic E-state index is 13.3. The van der Waals surface area contributed by atoms with Crippen LogP contribution in [0.25, 0.3) is 0 Å². The average Bonchev–Trinajstić information content (AvgIpc) is 0.793. The number of hydrogen-bond acceptors (Lipinski definition) is 6. The number of anilines is 2. The van der Waals surface area contributed by atoms with E-state index in [1.165, 1.54) is 101 Å². The van der Waals surface area contributed by atoms with Gasteiger partial charge in [0.05, 0.1) is 17.7 Å². The van der Waals surface area contributed by atoms with Crippen LogP contribution in [0.1, 0.15) is 159 Å². The zero-order valence-electron chi connectivity index (χ0n) is 62.6. The van der Waals surface area contributed by atoms with Crippen molar-refractivity contribution in [2.45, 2.75) is 185 Å². The van der Waals surface area contributed by atoms with Crippen molar-refractivity contribution >= 4 is 269 Å². The van der Waals surface area contributed by atoms with Gasteiger partial charge in [0.2, 0.25) is 0 Å². The van der Waals surface area contributed by atoms with Gasteiger partial charge in [-0.15, -0.1) is 0 Å². The summed E-state index contributed by atoms with van der Waals surface area (Å²) in [5.41, 5.74) is 26.3. The van der Waals surface area contributed by atoms with Gasteiger partial charge in [-0.2, -0.15) is 13.2 Å². The van der Waals surface area contributed by atoms with Gasteiger partial charge in [-0.05, 0) is 424 Å². The normalized spacial score (nSPS) is 10.6. The molecular formula is C82H90Br9F3I4N2O5S. The Labute approximate surface area is 762 Å². The smallest absolute Gasteiger partial charge is 0.416 e. The Morgan fingerprint density at radius 2 is 0.745 bits per heavy atom. The highest BCUT2D eigenvalue weighted by Gasteiger charge is 2.34. The van der Waals surface area contributed by atoms with E-state index in [0.29, 0.717) is 26.9 Å². The number of aliphatic hydroxyl groups is 1. The first kappa shape index (κ1) is 101. The molecule has 9 aromatic rings. The first-order valence-electron chi connectivity index (χ1n) is 33.1. The van der Waals surface area contributed by atoms with Crippen LogP contribution >= 0.6 is 245 Å². The van der Waals surface area contributed by atoms with E-state index in [4.69, 9.17) is 20.7 Å². The van der Waals surface area contributed by atoms with Gasteiger partial charge in [-0.1, -0.05) is 183 Å². The van der Waals surface area contributed by atoms with Gasteiger partial charge in [-0.3, -0.25) is 5.32 Å². The molecule has 0 aromatic heterocycles. The fourth-order valence-electron chi connectivity index (χ4n) is 9.83. The maximum Gasteiger partial charge on any atom is 0.416 e. The van der Waals surface area contributed by atoms with Crippen molar-refractivity contribution in [3.63, 3.8) is 0 Å². The Morgan fingerprint density at radius 3 is 1.08 bits per heavy atom. The highest BCUT2D eigenvalue weighted by Crippen LogP contribution is 2.42. The SMILES string of the molecule is CCc1c(C)cc(I)cc1Br.CCc1c(C)cc(I)cc1Br.CCc1c(C)cc(Sc2cc(Br)c(CC)c(C(F)(F)F)c2)cc1Br.Cc1cc(C(=O)O)cc(Br)c1C.Cc1cc(I)cc(Br)c1C.Cc1cc(I)cc(Br)c1CO.Cc1cc(N)cc(Br)c1C.Cc1cc(NC(=O)OC(C)(C)C)cc(Br)c1C. The van der Waals surface area contributed by atoms with Gasteiger partial charge in [0.25, 0.3) is 0 Å². The number of aryl methyl sites for hydroxylation is 8. The second-order valence-corrected chi connectivity index (χ2v) is 39.2. The number of carboxylic acid groups (broad SMARTS) is 1. The lowest BCUT2D eigenvalue weighted by molar-refractivity contribution is -0.138. The topological polar surface area (TPSA) is 122 Å². The number of halogens is 16. The van der Waals surface area contributed by atoms with E-state index in [1.807, 2.05) is 105 Å². The summed E-state index contributed by atoms with van der Waals surface area (Å²) in [7, 11) is 0. The molecule has 106 heavy (non-hydrogen) atoms. The van der Waals surface area contributed by atoms with Crippen LogP contribution in [-0.2, 0) is 43.2 Å². The third kappa shape index (κ3) is 34.5. The maximum absolute atomic E-state index is 13.3. The summed E-state index contributed by atoms with van der Waals surface area (Å²) >= 11 is 41.6. The number of carbonyl (C=O) groups is 2. The molecule has 0 saturated carbocycles. The number of amides is 1. The quantitative estimate of drug-likeness (QED) is 0.0839. The minimum atomic E-state index is -4.35. The number of carbonyl (C=O) groups excluding carboxylic acids is 1. The molecule has 0 aliphatic carbocycles. The second-order valence-electron chi connectivity index (χ2n) is 25.4.